The van der Waals surface area contributed by atoms with E-state index in [2.05, 4.69) is 56.4 Å². The maximum atomic E-state index is 8.00. The van der Waals surface area contributed by atoms with Crippen LogP contribution in [0, 0.1) is 5.41 Å². The summed E-state index contributed by atoms with van der Waals surface area (Å²) >= 11 is 0. The zero-order valence-corrected chi connectivity index (χ0v) is 10.8. The molecule has 16 heavy (non-hydrogen) atoms. The number of likely N-dealkylation sites (N-methyl/N-ethyl adjacent to an activating group) is 1. The van der Waals surface area contributed by atoms with E-state index >= 15 is 0 Å². The molecule has 2 nitrogen and oxygen atoms in total. The molecule has 0 aromatic heterocycles. The van der Waals surface area contributed by atoms with E-state index in [0.29, 0.717) is 11.5 Å². The molecule has 1 aromatic carbocycles. The van der Waals surface area contributed by atoms with Crippen molar-refractivity contribution in [3.63, 3.8) is 0 Å². The van der Waals surface area contributed by atoms with Crippen molar-refractivity contribution in [1.29, 1.82) is 0 Å². The second kappa shape index (κ2) is 7.18. The van der Waals surface area contributed by atoms with Crippen LogP contribution in [0.1, 0.15) is 26.3 Å². The van der Waals surface area contributed by atoms with Gasteiger partial charge in [0, 0.05) is 6.04 Å². The van der Waals surface area contributed by atoms with Crippen LogP contribution in [-0.2, 0) is 11.2 Å². The van der Waals surface area contributed by atoms with Crippen molar-refractivity contribution in [2.75, 3.05) is 7.05 Å². The lowest BCUT2D eigenvalue weighted by Crippen LogP contribution is -2.39. The lowest BCUT2D eigenvalue weighted by atomic mass is 9.83. The van der Waals surface area contributed by atoms with Gasteiger partial charge in [-0.25, -0.2) is 0 Å². The molecule has 0 radical (unpaired) electrons. The van der Waals surface area contributed by atoms with Gasteiger partial charge in [0.2, 0.25) is 0 Å². The van der Waals surface area contributed by atoms with Crippen molar-refractivity contribution < 1.29 is 4.79 Å². The fraction of sp³-hybridized carbons (Fsp3) is 0.500. The molecule has 1 aromatic rings. The molecular weight excluding hydrogens is 198 g/mol. The Labute approximate surface area is 99.1 Å². The van der Waals surface area contributed by atoms with E-state index in [0.717, 1.165) is 6.42 Å². The number of hydrogen-bond acceptors (Lipinski definition) is 2. The minimum absolute atomic E-state index is 0.310. The summed E-state index contributed by atoms with van der Waals surface area (Å²) in [5.74, 6) is 0. The van der Waals surface area contributed by atoms with Crippen molar-refractivity contribution in [1.82, 2.24) is 5.32 Å². The molecule has 1 unspecified atom stereocenters. The van der Waals surface area contributed by atoms with Gasteiger partial charge in [0.15, 0.2) is 0 Å². The lowest BCUT2D eigenvalue weighted by Gasteiger charge is -2.30. The van der Waals surface area contributed by atoms with Crippen LogP contribution in [-0.4, -0.2) is 19.9 Å². The van der Waals surface area contributed by atoms with Gasteiger partial charge >= 0.3 is 0 Å². The molecule has 0 heterocycles. The van der Waals surface area contributed by atoms with Crippen LogP contribution >= 0.6 is 0 Å². The van der Waals surface area contributed by atoms with Crippen LogP contribution in [0.5, 0.6) is 0 Å². The van der Waals surface area contributed by atoms with E-state index in [1.165, 1.54) is 5.56 Å². The standard InChI is InChI=1S/C13H21N.CH2O/c1-13(2,3)12(14-4)10-11-8-6-5-7-9-11;1-2/h5-9,12,14H,10H2,1-4H3;1H2. The molecule has 2 heteroatoms. The van der Waals surface area contributed by atoms with E-state index in [4.69, 9.17) is 4.79 Å². The topological polar surface area (TPSA) is 29.1 Å². The average Bonchev–Trinajstić information content (AvgIpc) is 2.28. The van der Waals surface area contributed by atoms with E-state index in [1.54, 1.807) is 0 Å². The smallest absolute Gasteiger partial charge is 0.106 e. The highest BCUT2D eigenvalue weighted by atomic mass is 16.1. The number of rotatable bonds is 3. The Morgan fingerprint density at radius 1 is 1.19 bits per heavy atom. The van der Waals surface area contributed by atoms with E-state index in [-0.39, 0.29) is 0 Å². The van der Waals surface area contributed by atoms with Gasteiger partial charge < -0.3 is 10.1 Å². The fourth-order valence-corrected chi connectivity index (χ4v) is 1.69. The first-order valence-corrected chi connectivity index (χ1v) is 5.54. The lowest BCUT2D eigenvalue weighted by molar-refractivity contribution is -0.0979. The third kappa shape index (κ3) is 5.08. The van der Waals surface area contributed by atoms with Crippen molar-refractivity contribution in [3.05, 3.63) is 35.9 Å². The Kier molecular flexibility index (Phi) is 6.66. The normalized spacial score (nSPS) is 12.5. The largest absolute Gasteiger partial charge is 0.316 e. The van der Waals surface area contributed by atoms with Crippen LogP contribution in [0.2, 0.25) is 0 Å². The van der Waals surface area contributed by atoms with Crippen LogP contribution < -0.4 is 5.32 Å². The predicted octanol–water partition coefficient (Wildman–Crippen LogP) is 2.68. The zero-order valence-electron chi connectivity index (χ0n) is 10.8. The van der Waals surface area contributed by atoms with Gasteiger partial charge in [-0.15, -0.1) is 0 Å². The third-order valence-corrected chi connectivity index (χ3v) is 2.68. The van der Waals surface area contributed by atoms with Crippen LogP contribution in [0.15, 0.2) is 30.3 Å². The maximum Gasteiger partial charge on any atom is 0.106 e. The third-order valence-electron chi connectivity index (χ3n) is 2.68. The molecule has 0 aliphatic carbocycles. The summed E-state index contributed by atoms with van der Waals surface area (Å²) in [5, 5.41) is 3.39. The Balaban J connectivity index is 0.00000106. The summed E-state index contributed by atoms with van der Waals surface area (Å²) in [5.41, 5.74) is 1.71. The minimum atomic E-state index is 0.310. The molecule has 90 valence electrons. The van der Waals surface area contributed by atoms with Crippen molar-refractivity contribution in [2.24, 2.45) is 5.41 Å². The summed E-state index contributed by atoms with van der Waals surface area (Å²) in [6.07, 6.45) is 1.10. The number of hydrogen-bond donors (Lipinski definition) is 1. The molecule has 0 saturated carbocycles. The summed E-state index contributed by atoms with van der Waals surface area (Å²) in [6, 6.07) is 11.2. The molecule has 1 rings (SSSR count). The highest BCUT2D eigenvalue weighted by Gasteiger charge is 2.22. The Bertz CT molecular complexity index is 277. The molecule has 0 amide bonds. The highest BCUT2D eigenvalue weighted by molar-refractivity contribution is 5.16. The van der Waals surface area contributed by atoms with Gasteiger partial charge in [-0.3, -0.25) is 0 Å². The Morgan fingerprint density at radius 2 is 1.69 bits per heavy atom. The van der Waals surface area contributed by atoms with Crippen LogP contribution in [0.4, 0.5) is 0 Å². The summed E-state index contributed by atoms with van der Waals surface area (Å²) in [6.45, 7) is 8.82. The monoisotopic (exact) mass is 221 g/mol. The summed E-state index contributed by atoms with van der Waals surface area (Å²) in [4.78, 5) is 8.00. The van der Waals surface area contributed by atoms with Gasteiger partial charge in [0.05, 0.1) is 0 Å². The summed E-state index contributed by atoms with van der Waals surface area (Å²) in [7, 11) is 2.04. The molecular formula is C14H23NO. The SMILES string of the molecule is C=O.CNC(Cc1ccccc1)C(C)(C)C. The first-order chi connectivity index (χ1) is 7.54. The molecule has 1 atom stereocenters. The van der Waals surface area contributed by atoms with E-state index in [1.807, 2.05) is 13.8 Å². The first kappa shape index (κ1) is 14.8. The molecule has 0 bridgehead atoms. The Morgan fingerprint density at radius 3 is 2.06 bits per heavy atom. The quantitative estimate of drug-likeness (QED) is 0.850. The minimum Gasteiger partial charge on any atom is -0.316 e. The number of nitrogens with one attached hydrogen (secondary N) is 1. The van der Waals surface area contributed by atoms with Gasteiger partial charge in [-0.05, 0) is 24.4 Å². The average molecular weight is 221 g/mol. The van der Waals surface area contributed by atoms with Gasteiger partial charge in [-0.2, -0.15) is 0 Å². The van der Waals surface area contributed by atoms with Crippen molar-refractivity contribution in [3.8, 4) is 0 Å². The Hall–Kier alpha value is -1.15. The van der Waals surface area contributed by atoms with Gasteiger partial charge in [0.25, 0.3) is 0 Å². The van der Waals surface area contributed by atoms with Crippen LogP contribution in [0.3, 0.4) is 0 Å². The molecule has 0 saturated heterocycles. The van der Waals surface area contributed by atoms with Crippen molar-refractivity contribution >= 4 is 6.79 Å². The second-order valence-electron chi connectivity index (χ2n) is 4.90. The molecule has 0 aliphatic heterocycles. The van der Waals surface area contributed by atoms with E-state index < -0.39 is 0 Å². The molecule has 0 spiro atoms. The molecule has 0 fully saturated rings. The number of carbonyl (C=O) groups excluding carboxylic acids is 1. The van der Waals surface area contributed by atoms with E-state index in [9.17, 15) is 0 Å². The van der Waals surface area contributed by atoms with Gasteiger partial charge in [-0.1, -0.05) is 51.1 Å². The number of benzene rings is 1. The fourth-order valence-electron chi connectivity index (χ4n) is 1.69. The number of carbonyl (C=O) groups is 1. The van der Waals surface area contributed by atoms with Gasteiger partial charge in [0.1, 0.15) is 6.79 Å². The zero-order chi connectivity index (χ0) is 12.6. The van der Waals surface area contributed by atoms with Crippen LogP contribution in [0.25, 0.3) is 0 Å². The second-order valence-corrected chi connectivity index (χ2v) is 4.90. The van der Waals surface area contributed by atoms with Crippen molar-refractivity contribution in [2.45, 2.75) is 33.2 Å². The molecule has 0 aliphatic rings. The predicted molar refractivity (Wildman–Crippen MR) is 69.6 cm³/mol. The first-order valence-electron chi connectivity index (χ1n) is 5.54. The summed E-state index contributed by atoms with van der Waals surface area (Å²) < 4.78 is 0. The highest BCUT2D eigenvalue weighted by Crippen LogP contribution is 2.22. The molecule has 1 N–H and O–H groups in total. The maximum absolute atomic E-state index is 8.00.